The second-order valence-electron chi connectivity index (χ2n) is 6.39. The van der Waals surface area contributed by atoms with Crippen LogP contribution in [0.2, 0.25) is 5.02 Å². The zero-order valence-corrected chi connectivity index (χ0v) is 15.8. The summed E-state index contributed by atoms with van der Waals surface area (Å²) in [5.74, 6) is -1.38. The van der Waals surface area contributed by atoms with Gasteiger partial charge in [-0.15, -0.1) is 0 Å². The number of imidazole rings is 1. The third-order valence-electron chi connectivity index (χ3n) is 4.43. The van der Waals surface area contributed by atoms with Crippen molar-refractivity contribution in [3.8, 4) is 17.1 Å². The predicted octanol–water partition coefficient (Wildman–Crippen LogP) is 3.57. The number of anilines is 1. The van der Waals surface area contributed by atoms with Gasteiger partial charge in [0.2, 0.25) is 0 Å². The Morgan fingerprint density at radius 3 is 2.59 bits per heavy atom. The zero-order chi connectivity index (χ0) is 20.7. The summed E-state index contributed by atoms with van der Waals surface area (Å²) in [6, 6.07) is 6.42. The topological polar surface area (TPSA) is 95.8 Å². The number of aryl methyl sites for hydroxylation is 1. The Hall–Kier alpha value is -3.46. The first-order chi connectivity index (χ1) is 13.8. The third kappa shape index (κ3) is 3.64. The SMILES string of the molecule is Cn1ccc(-c2cc(F)c(CNc3nc4nc(O)[nH]c4cc3Cl)c(F)c2)cc1=O. The zero-order valence-electron chi connectivity index (χ0n) is 15.0. The predicted molar refractivity (Wildman–Crippen MR) is 105 cm³/mol. The lowest BCUT2D eigenvalue weighted by Crippen LogP contribution is -2.14. The van der Waals surface area contributed by atoms with E-state index in [-0.39, 0.29) is 45.7 Å². The Balaban J connectivity index is 1.62. The van der Waals surface area contributed by atoms with Crippen molar-refractivity contribution >= 4 is 28.6 Å². The van der Waals surface area contributed by atoms with Crippen molar-refractivity contribution in [1.82, 2.24) is 19.5 Å². The molecule has 0 radical (unpaired) electrons. The van der Waals surface area contributed by atoms with Gasteiger partial charge < -0.3 is 20.0 Å². The lowest BCUT2D eigenvalue weighted by molar-refractivity contribution is 0.438. The van der Waals surface area contributed by atoms with E-state index in [0.29, 0.717) is 11.1 Å². The molecule has 4 aromatic rings. The number of aromatic hydroxyl groups is 1. The fraction of sp³-hybridized carbons (Fsp3) is 0.105. The van der Waals surface area contributed by atoms with Crippen molar-refractivity contribution in [2.75, 3.05) is 5.32 Å². The Kier molecular flexibility index (Phi) is 4.67. The van der Waals surface area contributed by atoms with E-state index in [0.717, 1.165) is 0 Å². The Bertz CT molecular complexity index is 1280. The lowest BCUT2D eigenvalue weighted by Gasteiger charge is -2.11. The van der Waals surface area contributed by atoms with Gasteiger partial charge in [-0.05, 0) is 35.4 Å². The molecule has 0 saturated heterocycles. The molecule has 0 aliphatic carbocycles. The van der Waals surface area contributed by atoms with Gasteiger partial charge in [-0.2, -0.15) is 4.98 Å². The van der Waals surface area contributed by atoms with Gasteiger partial charge in [-0.3, -0.25) is 4.79 Å². The maximum absolute atomic E-state index is 14.6. The molecule has 0 aliphatic heterocycles. The molecule has 1 aromatic carbocycles. The first-order valence-corrected chi connectivity index (χ1v) is 8.83. The van der Waals surface area contributed by atoms with E-state index in [2.05, 4.69) is 20.3 Å². The van der Waals surface area contributed by atoms with Crippen LogP contribution in [0.5, 0.6) is 6.01 Å². The van der Waals surface area contributed by atoms with Gasteiger partial charge in [0.05, 0.1) is 10.5 Å². The van der Waals surface area contributed by atoms with Gasteiger partial charge >= 0.3 is 0 Å². The minimum absolute atomic E-state index is 0.167. The Labute approximate surface area is 167 Å². The van der Waals surface area contributed by atoms with Crippen LogP contribution >= 0.6 is 11.6 Å². The van der Waals surface area contributed by atoms with Crippen LogP contribution in [0.1, 0.15) is 5.56 Å². The molecular formula is C19H14ClF2N5O2. The summed E-state index contributed by atoms with van der Waals surface area (Å²) in [6.07, 6.45) is 1.53. The lowest BCUT2D eigenvalue weighted by atomic mass is 10.0. The number of halogens is 3. The number of nitrogens with one attached hydrogen (secondary N) is 2. The van der Waals surface area contributed by atoms with E-state index < -0.39 is 11.6 Å². The number of H-pyrrole nitrogens is 1. The summed E-state index contributed by atoms with van der Waals surface area (Å²) < 4.78 is 30.5. The highest BCUT2D eigenvalue weighted by Gasteiger charge is 2.15. The standard InChI is InChI=1S/C19H14ClF2N5O2/c1-27-3-2-9(6-16(27)28)10-4-13(21)11(14(22)5-10)8-23-17-12(20)7-15-18(25-17)26-19(29)24-15/h2-7H,8H2,1H3,(H3,23,24,25,26,29). The van der Waals surface area contributed by atoms with Gasteiger partial charge in [0.25, 0.3) is 11.6 Å². The fourth-order valence-electron chi connectivity index (χ4n) is 2.87. The molecular weight excluding hydrogens is 404 g/mol. The molecule has 3 N–H and O–H groups in total. The smallest absolute Gasteiger partial charge is 0.293 e. The molecule has 29 heavy (non-hydrogen) atoms. The number of hydrogen-bond donors (Lipinski definition) is 3. The quantitative estimate of drug-likeness (QED) is 0.471. The highest BCUT2D eigenvalue weighted by atomic mass is 35.5. The van der Waals surface area contributed by atoms with Crippen molar-refractivity contribution in [3.63, 3.8) is 0 Å². The molecule has 7 nitrogen and oxygen atoms in total. The van der Waals surface area contributed by atoms with E-state index in [1.54, 1.807) is 13.1 Å². The summed E-state index contributed by atoms with van der Waals surface area (Å²) in [7, 11) is 1.59. The van der Waals surface area contributed by atoms with Crippen molar-refractivity contribution in [3.05, 3.63) is 69.1 Å². The Morgan fingerprint density at radius 1 is 1.17 bits per heavy atom. The van der Waals surface area contributed by atoms with Crippen LogP contribution in [0.15, 0.2) is 41.3 Å². The number of hydrogen-bond acceptors (Lipinski definition) is 5. The van der Waals surface area contributed by atoms with Gasteiger partial charge in [0.15, 0.2) is 5.65 Å². The van der Waals surface area contributed by atoms with Crippen LogP contribution < -0.4 is 10.9 Å². The number of nitrogens with zero attached hydrogens (tertiary/aromatic N) is 3. The maximum atomic E-state index is 14.6. The summed E-state index contributed by atoms with van der Waals surface area (Å²) in [4.78, 5) is 22.2. The van der Waals surface area contributed by atoms with Crippen LogP contribution in [0.4, 0.5) is 14.6 Å². The number of fused-ring (bicyclic) bond motifs is 1. The first-order valence-electron chi connectivity index (χ1n) is 8.46. The average Bonchev–Trinajstić information content (AvgIpc) is 3.01. The number of aromatic nitrogens is 4. The van der Waals surface area contributed by atoms with Gasteiger partial charge in [-0.25, -0.2) is 13.8 Å². The second-order valence-corrected chi connectivity index (χ2v) is 6.79. The largest absolute Gasteiger partial charge is 0.480 e. The van der Waals surface area contributed by atoms with Crippen LogP contribution in [0.25, 0.3) is 22.3 Å². The molecule has 3 aromatic heterocycles. The summed E-state index contributed by atoms with van der Waals surface area (Å²) >= 11 is 6.12. The summed E-state index contributed by atoms with van der Waals surface area (Å²) in [6.45, 7) is -0.219. The maximum Gasteiger partial charge on any atom is 0.293 e. The Morgan fingerprint density at radius 2 is 1.90 bits per heavy atom. The van der Waals surface area contributed by atoms with E-state index in [9.17, 15) is 18.7 Å². The van der Waals surface area contributed by atoms with Crippen LogP contribution in [-0.2, 0) is 13.6 Å². The molecule has 0 atom stereocenters. The van der Waals surface area contributed by atoms with Crippen molar-refractivity contribution in [2.45, 2.75) is 6.54 Å². The molecule has 4 rings (SSSR count). The van der Waals surface area contributed by atoms with Crippen LogP contribution in [0, 0.1) is 11.6 Å². The number of rotatable bonds is 4. The number of aromatic amines is 1. The highest BCUT2D eigenvalue weighted by Crippen LogP contribution is 2.27. The molecule has 0 amide bonds. The van der Waals surface area contributed by atoms with Crippen molar-refractivity contribution in [1.29, 1.82) is 0 Å². The minimum Gasteiger partial charge on any atom is -0.480 e. The number of benzene rings is 1. The van der Waals surface area contributed by atoms with E-state index in [1.807, 2.05) is 0 Å². The van der Waals surface area contributed by atoms with Crippen LogP contribution in [0.3, 0.4) is 0 Å². The first kappa shape index (κ1) is 18.9. The van der Waals surface area contributed by atoms with Gasteiger partial charge in [0, 0.05) is 31.4 Å². The number of pyridine rings is 2. The molecule has 148 valence electrons. The molecule has 3 heterocycles. The normalized spacial score (nSPS) is 11.2. The van der Waals surface area contributed by atoms with Gasteiger partial charge in [0.1, 0.15) is 17.5 Å². The monoisotopic (exact) mass is 417 g/mol. The highest BCUT2D eigenvalue weighted by molar-refractivity contribution is 6.33. The molecule has 0 fully saturated rings. The van der Waals surface area contributed by atoms with Crippen molar-refractivity contribution < 1.29 is 13.9 Å². The van der Waals surface area contributed by atoms with Crippen LogP contribution in [-0.4, -0.2) is 24.6 Å². The van der Waals surface area contributed by atoms with Gasteiger partial charge in [-0.1, -0.05) is 11.6 Å². The van der Waals surface area contributed by atoms with E-state index in [4.69, 9.17) is 11.6 Å². The molecule has 0 bridgehead atoms. The van der Waals surface area contributed by atoms with E-state index >= 15 is 0 Å². The molecule has 0 aliphatic rings. The second kappa shape index (κ2) is 7.17. The summed E-state index contributed by atoms with van der Waals surface area (Å²) in [5, 5.41) is 12.4. The molecule has 0 spiro atoms. The fourth-order valence-corrected chi connectivity index (χ4v) is 3.09. The summed E-state index contributed by atoms with van der Waals surface area (Å²) in [5.41, 5.74) is 0.810. The minimum atomic E-state index is -0.775. The molecule has 0 unspecified atom stereocenters. The van der Waals surface area contributed by atoms with E-state index in [1.165, 1.54) is 35.0 Å². The average molecular weight is 418 g/mol. The van der Waals surface area contributed by atoms with Crippen molar-refractivity contribution in [2.24, 2.45) is 7.05 Å². The molecule has 0 saturated carbocycles. The third-order valence-corrected chi connectivity index (χ3v) is 4.71. The molecule has 10 heteroatoms.